The molecular formula is C13H16N2O5. The normalized spacial score (nSPS) is 15.9. The monoisotopic (exact) mass is 280 g/mol. The molecule has 1 aliphatic heterocycles. The average molecular weight is 280 g/mol. The molecule has 0 aliphatic carbocycles. The first kappa shape index (κ1) is 14.1. The number of carboxylic acid groups (broad SMARTS) is 1. The minimum absolute atomic E-state index is 0.218. The van der Waals surface area contributed by atoms with Crippen molar-refractivity contribution in [1.82, 2.24) is 4.90 Å². The molecule has 4 N–H and O–H groups in total. The number of carbonyl (C=O) groups is 2. The van der Waals surface area contributed by atoms with Crippen LogP contribution in [-0.2, 0) is 0 Å². The van der Waals surface area contributed by atoms with E-state index in [1.807, 2.05) is 0 Å². The van der Waals surface area contributed by atoms with E-state index in [-0.39, 0.29) is 17.7 Å². The summed E-state index contributed by atoms with van der Waals surface area (Å²) in [6.07, 6.45) is 0.714. The van der Waals surface area contributed by atoms with Gasteiger partial charge in [0.1, 0.15) is 11.3 Å². The number of hydrogen-bond acceptors (Lipinski definition) is 4. The fourth-order valence-electron chi connectivity index (χ4n) is 2.06. The average Bonchev–Trinajstić information content (AvgIpc) is 2.39. The van der Waals surface area contributed by atoms with Crippen molar-refractivity contribution in [2.75, 3.05) is 18.4 Å². The third-order valence-corrected chi connectivity index (χ3v) is 3.23. The lowest BCUT2D eigenvalue weighted by atomic mass is 10.1. The van der Waals surface area contributed by atoms with Crippen LogP contribution in [0.2, 0.25) is 0 Å². The molecule has 1 aromatic rings. The summed E-state index contributed by atoms with van der Waals surface area (Å²) in [5.74, 6) is -1.63. The maximum Gasteiger partial charge on any atom is 0.339 e. The van der Waals surface area contributed by atoms with E-state index in [0.717, 1.165) is 0 Å². The van der Waals surface area contributed by atoms with Gasteiger partial charge in [0.15, 0.2) is 0 Å². The highest BCUT2D eigenvalue weighted by Crippen LogP contribution is 2.22. The first-order valence-corrected chi connectivity index (χ1v) is 6.27. The molecule has 0 aromatic heterocycles. The third kappa shape index (κ3) is 3.18. The molecule has 0 bridgehead atoms. The lowest BCUT2D eigenvalue weighted by molar-refractivity contribution is 0.0693. The summed E-state index contributed by atoms with van der Waals surface area (Å²) in [7, 11) is 0. The Labute approximate surface area is 115 Å². The Morgan fingerprint density at radius 3 is 2.45 bits per heavy atom. The second-order valence-corrected chi connectivity index (χ2v) is 4.69. The molecule has 0 spiro atoms. The summed E-state index contributed by atoms with van der Waals surface area (Å²) >= 11 is 0. The molecule has 1 heterocycles. The van der Waals surface area contributed by atoms with Crippen LogP contribution >= 0.6 is 0 Å². The van der Waals surface area contributed by atoms with E-state index < -0.39 is 11.7 Å². The van der Waals surface area contributed by atoms with Gasteiger partial charge in [-0.3, -0.25) is 0 Å². The van der Waals surface area contributed by atoms with E-state index in [2.05, 4.69) is 5.32 Å². The molecule has 108 valence electrons. The van der Waals surface area contributed by atoms with E-state index in [9.17, 15) is 19.8 Å². The molecular weight excluding hydrogens is 264 g/mol. The fraction of sp³-hybridized carbons (Fsp3) is 0.385. The molecule has 7 nitrogen and oxygen atoms in total. The molecule has 0 atom stereocenters. The van der Waals surface area contributed by atoms with E-state index in [1.54, 1.807) is 4.90 Å². The summed E-state index contributed by atoms with van der Waals surface area (Å²) in [5.41, 5.74) is 0.104. The maximum atomic E-state index is 11.9. The lowest BCUT2D eigenvalue weighted by Gasteiger charge is -2.29. The number of phenols is 1. The Bertz CT molecular complexity index is 523. The smallest absolute Gasteiger partial charge is 0.339 e. The number of anilines is 1. The van der Waals surface area contributed by atoms with Gasteiger partial charge in [0, 0.05) is 24.8 Å². The zero-order chi connectivity index (χ0) is 14.7. The lowest BCUT2D eigenvalue weighted by Crippen LogP contribution is -2.42. The zero-order valence-electron chi connectivity index (χ0n) is 10.7. The topological polar surface area (TPSA) is 110 Å². The van der Waals surface area contributed by atoms with Crippen LogP contribution in [-0.4, -0.2) is 51.4 Å². The Morgan fingerprint density at radius 1 is 1.25 bits per heavy atom. The van der Waals surface area contributed by atoms with Crippen molar-refractivity contribution in [3.8, 4) is 5.75 Å². The predicted octanol–water partition coefficient (Wildman–Crippen LogP) is 1.08. The van der Waals surface area contributed by atoms with Crippen LogP contribution < -0.4 is 5.32 Å². The predicted molar refractivity (Wildman–Crippen MR) is 70.9 cm³/mol. The van der Waals surface area contributed by atoms with Gasteiger partial charge in [-0.2, -0.15) is 0 Å². The van der Waals surface area contributed by atoms with Crippen molar-refractivity contribution >= 4 is 17.7 Å². The van der Waals surface area contributed by atoms with Gasteiger partial charge < -0.3 is 25.5 Å². The van der Waals surface area contributed by atoms with Gasteiger partial charge in [-0.1, -0.05) is 0 Å². The van der Waals surface area contributed by atoms with Crippen LogP contribution in [0, 0.1) is 0 Å². The number of likely N-dealkylation sites (tertiary alicyclic amines) is 1. The Hall–Kier alpha value is -2.28. The van der Waals surface area contributed by atoms with Gasteiger partial charge in [-0.05, 0) is 25.0 Å². The Morgan fingerprint density at radius 2 is 1.90 bits per heavy atom. The molecule has 2 amide bonds. The minimum Gasteiger partial charge on any atom is -0.507 e. The highest BCUT2D eigenvalue weighted by Gasteiger charge is 2.21. The van der Waals surface area contributed by atoms with Gasteiger partial charge in [0.2, 0.25) is 0 Å². The first-order chi connectivity index (χ1) is 9.47. The molecule has 1 fully saturated rings. The minimum atomic E-state index is -1.23. The van der Waals surface area contributed by atoms with Crippen LogP contribution in [0.25, 0.3) is 0 Å². The number of carbonyl (C=O) groups excluding carboxylic acids is 1. The summed E-state index contributed by atoms with van der Waals surface area (Å²) in [6.45, 7) is 0.929. The van der Waals surface area contributed by atoms with Gasteiger partial charge in [-0.15, -0.1) is 0 Å². The number of aliphatic hydroxyl groups is 1. The number of rotatable bonds is 2. The van der Waals surface area contributed by atoms with Gasteiger partial charge >= 0.3 is 12.0 Å². The molecule has 1 saturated heterocycles. The van der Waals surface area contributed by atoms with Crippen molar-refractivity contribution in [2.24, 2.45) is 0 Å². The van der Waals surface area contributed by atoms with Crippen molar-refractivity contribution in [1.29, 1.82) is 0 Å². The highest BCUT2D eigenvalue weighted by atomic mass is 16.4. The summed E-state index contributed by atoms with van der Waals surface area (Å²) in [4.78, 5) is 24.3. The number of aromatic hydroxyl groups is 1. The number of urea groups is 1. The number of amides is 2. The maximum absolute atomic E-state index is 11.9. The SMILES string of the molecule is O=C(O)c1ccc(NC(=O)N2CCC(O)CC2)cc1O. The number of hydrogen-bond donors (Lipinski definition) is 4. The first-order valence-electron chi connectivity index (χ1n) is 6.27. The number of aliphatic hydroxyl groups excluding tert-OH is 1. The third-order valence-electron chi connectivity index (χ3n) is 3.23. The number of nitrogens with zero attached hydrogens (tertiary/aromatic N) is 1. The Kier molecular flexibility index (Phi) is 4.09. The largest absolute Gasteiger partial charge is 0.507 e. The molecule has 1 aromatic carbocycles. The second kappa shape index (κ2) is 5.79. The zero-order valence-corrected chi connectivity index (χ0v) is 10.7. The number of aromatic carboxylic acids is 1. The van der Waals surface area contributed by atoms with Crippen molar-refractivity contribution in [3.05, 3.63) is 23.8 Å². The van der Waals surface area contributed by atoms with Gasteiger partial charge in [0.25, 0.3) is 0 Å². The van der Waals surface area contributed by atoms with E-state index in [1.165, 1.54) is 18.2 Å². The number of piperidine rings is 1. The van der Waals surface area contributed by atoms with Crippen LogP contribution in [0.3, 0.4) is 0 Å². The summed E-state index contributed by atoms with van der Waals surface area (Å²) < 4.78 is 0. The van der Waals surface area contributed by atoms with Crippen molar-refractivity contribution in [2.45, 2.75) is 18.9 Å². The van der Waals surface area contributed by atoms with Crippen molar-refractivity contribution < 1.29 is 24.9 Å². The molecule has 0 saturated carbocycles. The molecule has 0 radical (unpaired) electrons. The quantitative estimate of drug-likeness (QED) is 0.648. The summed E-state index contributed by atoms with van der Waals surface area (Å²) in [5, 5.41) is 30.3. The molecule has 7 heteroatoms. The van der Waals surface area contributed by atoms with Crippen molar-refractivity contribution in [3.63, 3.8) is 0 Å². The van der Waals surface area contributed by atoms with Gasteiger partial charge in [0.05, 0.1) is 6.10 Å². The molecule has 20 heavy (non-hydrogen) atoms. The van der Waals surface area contributed by atoms with E-state index in [4.69, 9.17) is 5.11 Å². The number of nitrogens with one attached hydrogen (secondary N) is 1. The van der Waals surface area contributed by atoms with Gasteiger partial charge in [-0.25, -0.2) is 9.59 Å². The van der Waals surface area contributed by atoms with E-state index >= 15 is 0 Å². The number of carboxylic acids is 1. The highest BCUT2D eigenvalue weighted by molar-refractivity contribution is 5.94. The molecule has 2 rings (SSSR count). The molecule has 1 aliphatic rings. The second-order valence-electron chi connectivity index (χ2n) is 4.69. The molecule has 0 unspecified atom stereocenters. The number of benzene rings is 1. The van der Waals surface area contributed by atoms with Crippen LogP contribution in [0.15, 0.2) is 18.2 Å². The Balaban J connectivity index is 2.01. The standard InChI is InChI=1S/C13H16N2O5/c16-9-3-5-15(6-4-9)13(20)14-8-1-2-10(12(18)19)11(17)7-8/h1-2,7,9,16-17H,3-6H2,(H,14,20)(H,18,19). The fourth-order valence-corrected chi connectivity index (χ4v) is 2.06. The van der Waals surface area contributed by atoms with Crippen LogP contribution in [0.5, 0.6) is 5.75 Å². The van der Waals surface area contributed by atoms with E-state index in [0.29, 0.717) is 31.6 Å². The van der Waals surface area contributed by atoms with Crippen LogP contribution in [0.4, 0.5) is 10.5 Å². The summed E-state index contributed by atoms with van der Waals surface area (Å²) in [6, 6.07) is 3.51. The van der Waals surface area contributed by atoms with Crippen LogP contribution in [0.1, 0.15) is 23.2 Å².